The molecule has 0 aliphatic carbocycles. The van der Waals surface area contributed by atoms with Crippen molar-refractivity contribution in [2.24, 2.45) is 0 Å². The number of rotatable bonds is 5. The summed E-state index contributed by atoms with van der Waals surface area (Å²) >= 11 is 0. The van der Waals surface area contributed by atoms with Crippen molar-refractivity contribution < 1.29 is 38.3 Å². The zero-order valence-electron chi connectivity index (χ0n) is 16.4. The van der Waals surface area contributed by atoms with Crippen LogP contribution in [0.1, 0.15) is 18.9 Å². The highest BCUT2D eigenvalue weighted by molar-refractivity contribution is 5.72. The first-order valence-electron chi connectivity index (χ1n) is 9.14. The van der Waals surface area contributed by atoms with Gasteiger partial charge in [0.1, 0.15) is 17.2 Å². The number of halogens is 2. The van der Waals surface area contributed by atoms with Crippen LogP contribution in [-0.4, -0.2) is 53.1 Å². The first-order valence-corrected chi connectivity index (χ1v) is 9.14. The van der Waals surface area contributed by atoms with Crippen LogP contribution in [0.3, 0.4) is 0 Å². The van der Waals surface area contributed by atoms with Crippen molar-refractivity contribution in [1.82, 2.24) is 0 Å². The molecule has 1 fully saturated rings. The predicted molar refractivity (Wildman–Crippen MR) is 101 cm³/mol. The van der Waals surface area contributed by atoms with Crippen LogP contribution in [0.25, 0.3) is 11.1 Å². The molecule has 3 rings (SSSR count). The molecule has 8 heteroatoms. The number of hydrogen-bond acceptors (Lipinski definition) is 6. The van der Waals surface area contributed by atoms with Crippen LogP contribution < -0.4 is 9.47 Å². The second kappa shape index (κ2) is 8.23. The molecule has 0 spiro atoms. The molecule has 1 aliphatic heterocycles. The van der Waals surface area contributed by atoms with Crippen molar-refractivity contribution in [3.05, 3.63) is 47.5 Å². The lowest BCUT2D eigenvalue weighted by Crippen LogP contribution is -2.60. The molecule has 0 unspecified atom stereocenters. The Morgan fingerprint density at radius 1 is 1.24 bits per heavy atom. The maximum atomic E-state index is 14.0. The zero-order chi connectivity index (χ0) is 21.3. The fraction of sp³-hybridized carbons (Fsp3) is 0.429. The van der Waals surface area contributed by atoms with E-state index in [1.54, 1.807) is 25.1 Å². The Kier molecular flexibility index (Phi) is 6.09. The molecule has 3 N–H and O–H groups in total. The quantitative estimate of drug-likeness (QED) is 0.702. The third-order valence-corrected chi connectivity index (χ3v) is 5.09. The fourth-order valence-corrected chi connectivity index (χ4v) is 3.32. The molecule has 0 saturated carbocycles. The third kappa shape index (κ3) is 4.20. The lowest BCUT2D eigenvalue weighted by Gasteiger charge is -2.43. The van der Waals surface area contributed by atoms with Crippen molar-refractivity contribution >= 4 is 0 Å². The van der Waals surface area contributed by atoms with Crippen molar-refractivity contribution in [3.8, 4) is 22.6 Å². The average molecular weight is 410 g/mol. The number of hydrogen-bond donors (Lipinski definition) is 3. The molecule has 158 valence electrons. The number of aliphatic hydroxyl groups is 3. The van der Waals surface area contributed by atoms with Crippen molar-refractivity contribution in [2.45, 2.75) is 44.4 Å². The number of methoxy groups -OCH3 is 1. The van der Waals surface area contributed by atoms with Gasteiger partial charge in [0.05, 0.1) is 25.9 Å². The van der Waals surface area contributed by atoms with Crippen LogP contribution in [0.5, 0.6) is 11.5 Å². The van der Waals surface area contributed by atoms with Gasteiger partial charge in [0, 0.05) is 18.1 Å². The van der Waals surface area contributed by atoms with E-state index >= 15 is 0 Å². The molecular weight excluding hydrogens is 386 g/mol. The summed E-state index contributed by atoms with van der Waals surface area (Å²) in [5, 5.41) is 30.0. The van der Waals surface area contributed by atoms with Crippen LogP contribution in [0.4, 0.5) is 8.78 Å². The van der Waals surface area contributed by atoms with Crippen LogP contribution >= 0.6 is 0 Å². The smallest absolute Gasteiger partial charge is 0.231 e. The number of benzene rings is 2. The molecule has 0 aromatic heterocycles. The largest absolute Gasteiger partial charge is 0.493 e. The Bertz CT molecular complexity index is 886. The number of ether oxygens (including phenoxy) is 3. The lowest BCUT2D eigenvalue weighted by atomic mass is 9.90. The van der Waals surface area contributed by atoms with Gasteiger partial charge < -0.3 is 29.5 Å². The molecule has 4 atom stereocenters. The van der Waals surface area contributed by atoms with Gasteiger partial charge in [-0.2, -0.15) is 0 Å². The Morgan fingerprint density at radius 3 is 2.59 bits per heavy atom. The van der Waals surface area contributed by atoms with E-state index in [4.69, 9.17) is 14.2 Å². The van der Waals surface area contributed by atoms with Gasteiger partial charge in [-0.3, -0.25) is 0 Å². The van der Waals surface area contributed by atoms with Crippen LogP contribution in [0, 0.1) is 18.6 Å². The zero-order valence-corrected chi connectivity index (χ0v) is 16.4. The molecule has 29 heavy (non-hydrogen) atoms. The maximum absolute atomic E-state index is 14.0. The van der Waals surface area contributed by atoms with E-state index in [1.165, 1.54) is 20.1 Å². The monoisotopic (exact) mass is 410 g/mol. The van der Waals surface area contributed by atoms with Crippen molar-refractivity contribution in [2.75, 3.05) is 13.7 Å². The Balaban J connectivity index is 1.91. The standard InChI is InChI=1S/C21H24F2O6/c1-11-6-12(15-7-13(22)8-16(23)19(15)27-3)4-5-17(11)29-20-21(2,26)18(25)9-14(10-24)28-20/h4-8,14,18,20,24-26H,9-10H2,1-3H3/t14-,18-,20+,21-/m0/s1. The highest BCUT2D eigenvalue weighted by Gasteiger charge is 2.48. The van der Waals surface area contributed by atoms with Gasteiger partial charge in [0.25, 0.3) is 0 Å². The third-order valence-electron chi connectivity index (χ3n) is 5.09. The van der Waals surface area contributed by atoms with Gasteiger partial charge >= 0.3 is 0 Å². The first kappa shape index (κ1) is 21.4. The summed E-state index contributed by atoms with van der Waals surface area (Å²) < 4.78 is 44.1. The normalized spacial score (nSPS) is 27.0. The van der Waals surface area contributed by atoms with E-state index in [0.717, 1.165) is 6.07 Å². The topological polar surface area (TPSA) is 88.4 Å². The molecule has 0 radical (unpaired) electrons. The van der Waals surface area contributed by atoms with E-state index in [9.17, 15) is 24.1 Å². The Labute approximate surface area is 167 Å². The van der Waals surface area contributed by atoms with Gasteiger partial charge in [-0.25, -0.2) is 8.78 Å². The maximum Gasteiger partial charge on any atom is 0.231 e. The van der Waals surface area contributed by atoms with Gasteiger partial charge in [0.15, 0.2) is 11.6 Å². The summed E-state index contributed by atoms with van der Waals surface area (Å²) in [5.74, 6) is -1.27. The summed E-state index contributed by atoms with van der Waals surface area (Å²) in [7, 11) is 1.30. The second-order valence-electron chi connectivity index (χ2n) is 7.32. The summed E-state index contributed by atoms with van der Waals surface area (Å²) in [6, 6.07) is 6.74. The van der Waals surface area contributed by atoms with E-state index in [2.05, 4.69) is 0 Å². The number of aryl methyl sites for hydroxylation is 1. The number of aliphatic hydroxyl groups excluding tert-OH is 2. The van der Waals surface area contributed by atoms with Gasteiger partial charge in [-0.05, 0) is 43.2 Å². The minimum absolute atomic E-state index is 0.0756. The van der Waals surface area contributed by atoms with E-state index < -0.39 is 35.7 Å². The highest BCUT2D eigenvalue weighted by atomic mass is 19.1. The SMILES string of the molecule is COc1c(F)cc(F)cc1-c1ccc(O[C@H]2O[C@H](CO)C[C@H](O)[C@]2(C)O)c(C)c1. The Hall–Kier alpha value is -2.26. The minimum atomic E-state index is -1.69. The van der Waals surface area contributed by atoms with Gasteiger partial charge in [0.2, 0.25) is 6.29 Å². The van der Waals surface area contributed by atoms with E-state index in [-0.39, 0.29) is 24.3 Å². The van der Waals surface area contributed by atoms with E-state index in [0.29, 0.717) is 16.9 Å². The van der Waals surface area contributed by atoms with Gasteiger partial charge in [-0.15, -0.1) is 0 Å². The van der Waals surface area contributed by atoms with Crippen molar-refractivity contribution in [3.63, 3.8) is 0 Å². The first-order chi connectivity index (χ1) is 13.7. The fourth-order valence-electron chi connectivity index (χ4n) is 3.32. The predicted octanol–water partition coefficient (Wildman–Crippen LogP) is 2.55. The van der Waals surface area contributed by atoms with Crippen LogP contribution in [0.2, 0.25) is 0 Å². The second-order valence-corrected chi connectivity index (χ2v) is 7.32. The Morgan fingerprint density at radius 2 is 1.97 bits per heavy atom. The summed E-state index contributed by atoms with van der Waals surface area (Å²) in [6.07, 6.45) is -2.95. The van der Waals surface area contributed by atoms with Gasteiger partial charge in [-0.1, -0.05) is 6.07 Å². The molecule has 0 amide bonds. The van der Waals surface area contributed by atoms with E-state index in [1.807, 2.05) is 0 Å². The van der Waals surface area contributed by atoms with Crippen LogP contribution in [0.15, 0.2) is 30.3 Å². The minimum Gasteiger partial charge on any atom is -0.493 e. The molecule has 1 heterocycles. The summed E-state index contributed by atoms with van der Waals surface area (Å²) in [6.45, 7) is 2.79. The van der Waals surface area contributed by atoms with Crippen molar-refractivity contribution in [1.29, 1.82) is 0 Å². The lowest BCUT2D eigenvalue weighted by molar-refractivity contribution is -0.283. The molecule has 1 saturated heterocycles. The van der Waals surface area contributed by atoms with Crippen LogP contribution in [-0.2, 0) is 4.74 Å². The molecule has 2 aromatic carbocycles. The molecule has 0 bridgehead atoms. The highest BCUT2D eigenvalue weighted by Crippen LogP contribution is 2.37. The summed E-state index contributed by atoms with van der Waals surface area (Å²) in [5.41, 5.74) is -0.327. The molecule has 1 aliphatic rings. The average Bonchev–Trinajstić information content (AvgIpc) is 2.66. The molecule has 2 aromatic rings. The summed E-state index contributed by atoms with van der Waals surface area (Å²) in [4.78, 5) is 0. The molecular formula is C21H24F2O6. The molecule has 6 nitrogen and oxygen atoms in total.